The Labute approximate surface area is 397 Å². The number of pyridine rings is 1. The van der Waals surface area contributed by atoms with E-state index in [4.69, 9.17) is 17.2 Å². The molecule has 68 heavy (non-hydrogen) atoms. The monoisotopic (exact) mass is 939 g/mol. The third-order valence-electron chi connectivity index (χ3n) is 11.3. The number of aryl methyl sites for hydroxylation is 1. The first-order valence-corrected chi connectivity index (χ1v) is 22.8. The van der Waals surface area contributed by atoms with Crippen molar-refractivity contribution in [3.05, 3.63) is 95.8 Å². The number of carbonyl (C=O) groups is 8. The van der Waals surface area contributed by atoms with Crippen LogP contribution in [0.1, 0.15) is 94.7 Å². The molecule has 366 valence electrons. The molecule has 5 atom stereocenters. The van der Waals surface area contributed by atoms with Gasteiger partial charge in [0, 0.05) is 80.5 Å². The van der Waals surface area contributed by atoms with Crippen LogP contribution < -0.4 is 43.8 Å². The van der Waals surface area contributed by atoms with Gasteiger partial charge in [-0.1, -0.05) is 63.1 Å². The van der Waals surface area contributed by atoms with E-state index >= 15 is 0 Å². The van der Waals surface area contributed by atoms with Crippen LogP contribution in [-0.2, 0) is 40.0 Å². The quantitative estimate of drug-likeness (QED) is 0.0197. The molecule has 0 bridgehead atoms. The summed E-state index contributed by atoms with van der Waals surface area (Å²) in [6.45, 7) is 5.92. The van der Waals surface area contributed by atoms with E-state index in [0.717, 1.165) is 11.1 Å². The number of Topliss-reactive ketones (excluding diaryl/α,β-unsaturated/α-hetero) is 2. The van der Waals surface area contributed by atoms with Crippen molar-refractivity contribution in [2.75, 3.05) is 23.7 Å². The number of carbonyl (C=O) groups excluding carboxylic acids is 7. The maximum atomic E-state index is 14.1. The molecule has 3 aromatic rings. The maximum Gasteiger partial charge on any atom is 0.323 e. The molecule has 19 nitrogen and oxygen atoms in total. The number of amides is 6. The minimum absolute atomic E-state index is 0.0492. The minimum atomic E-state index is -1.32. The third-order valence-corrected chi connectivity index (χ3v) is 11.3. The fraction of sp³-hybridized carbons (Fsp3) is 0.429. The number of nitrogens with zero attached hydrogens (tertiary/aromatic N) is 2. The Morgan fingerprint density at radius 2 is 1.53 bits per heavy atom. The van der Waals surface area contributed by atoms with Crippen molar-refractivity contribution in [1.29, 1.82) is 0 Å². The number of nitrogens with one attached hydrogen (secondary N) is 5. The first kappa shape index (κ1) is 54.9. The predicted octanol–water partition coefficient (Wildman–Crippen LogP) is 4.15. The molecule has 0 saturated heterocycles. The number of hydrogen-bond acceptors (Lipinski definition) is 10. The highest BCUT2D eigenvalue weighted by Gasteiger charge is 2.34. The lowest BCUT2D eigenvalue weighted by Gasteiger charge is -2.27. The standard InChI is InChI=1S/C49H66N10O9/c1-4-31(2)38(47(67)58-41(45(50)65)15-10-26-55-48(51)52)29-42(61)40(21-23-44(63)64)57-46(66)35(13-7-8-25-54-43(62)22-18-34-12-9-24-53-30-34)28-37(60)27-33-16-19-36(20-17-33)56-49(68)59-39-14-6-5-11-32(39)3/h5-6,9,11-12,14,16-20,22,24,30-31,35,38,40-41H,4,7-8,10,13,15,21,23,25-29H2,1-3H3,(H2,50,65)(H,54,62)(H,57,66)(H,58,67)(H,63,64)(H4,51,52,55)(H2,56,59,68)/b22-18+/t31?,35-,38+,40+,41+/m1/s1. The van der Waals surface area contributed by atoms with Crippen LogP contribution in [0, 0.1) is 24.7 Å². The van der Waals surface area contributed by atoms with Gasteiger partial charge in [-0.15, -0.1) is 0 Å². The van der Waals surface area contributed by atoms with E-state index in [1.54, 1.807) is 67.9 Å². The topological polar surface area (TPSA) is 320 Å². The number of guanidine groups is 1. The zero-order valence-corrected chi connectivity index (χ0v) is 39.0. The van der Waals surface area contributed by atoms with E-state index in [9.17, 15) is 43.5 Å². The van der Waals surface area contributed by atoms with Crippen LogP contribution in [0.2, 0.25) is 0 Å². The predicted molar refractivity (Wildman–Crippen MR) is 260 cm³/mol. The Morgan fingerprint density at radius 1 is 0.809 bits per heavy atom. The first-order valence-electron chi connectivity index (χ1n) is 22.8. The van der Waals surface area contributed by atoms with E-state index in [1.165, 1.54) is 6.08 Å². The SMILES string of the molecule is CCC(C)[C@H](CC(=O)[C@H](CCC(=O)O)NC(=O)[C@H](CCCCNC(=O)/C=C/c1cccnc1)CC(=O)Cc1ccc(NC(=O)Nc2ccccc2C)cc1)C(=O)N[C@@H](CCCN=C(N)N)C(N)=O. The molecule has 0 aliphatic heterocycles. The Balaban J connectivity index is 1.75. The summed E-state index contributed by atoms with van der Waals surface area (Å²) in [4.78, 5) is 112. The summed E-state index contributed by atoms with van der Waals surface area (Å²) in [6, 6.07) is 14.7. The number of aliphatic imine (C=N–C) groups is 1. The molecule has 1 unspecified atom stereocenters. The summed E-state index contributed by atoms with van der Waals surface area (Å²) < 4.78 is 0. The first-order chi connectivity index (χ1) is 32.4. The van der Waals surface area contributed by atoms with E-state index in [0.29, 0.717) is 42.6 Å². The van der Waals surface area contributed by atoms with Crippen LogP contribution in [0.25, 0.3) is 6.08 Å². The van der Waals surface area contributed by atoms with Gasteiger partial charge in [-0.25, -0.2) is 4.79 Å². The molecule has 1 aromatic heterocycles. The van der Waals surface area contributed by atoms with Gasteiger partial charge in [-0.3, -0.25) is 43.5 Å². The molecule has 12 N–H and O–H groups in total. The summed E-state index contributed by atoms with van der Waals surface area (Å²) in [5.74, 6) is -6.90. The van der Waals surface area contributed by atoms with Gasteiger partial charge in [-0.2, -0.15) is 0 Å². The number of aromatic nitrogens is 1. The van der Waals surface area contributed by atoms with E-state index in [2.05, 4.69) is 36.6 Å². The number of carboxylic acid groups (broad SMARTS) is 1. The lowest BCUT2D eigenvalue weighted by molar-refractivity contribution is -0.139. The summed E-state index contributed by atoms with van der Waals surface area (Å²) in [5, 5.41) is 23.3. The summed E-state index contributed by atoms with van der Waals surface area (Å²) in [7, 11) is 0. The number of carboxylic acids is 1. The summed E-state index contributed by atoms with van der Waals surface area (Å²) in [5.41, 5.74) is 19.7. The molecule has 19 heteroatoms. The van der Waals surface area contributed by atoms with Gasteiger partial charge in [0.05, 0.1) is 6.04 Å². The second-order valence-corrected chi connectivity index (χ2v) is 16.7. The molecule has 0 fully saturated rings. The van der Waals surface area contributed by atoms with Crippen molar-refractivity contribution in [2.45, 2.75) is 103 Å². The molecule has 1 heterocycles. The molecule has 0 spiro atoms. The maximum absolute atomic E-state index is 14.1. The summed E-state index contributed by atoms with van der Waals surface area (Å²) >= 11 is 0. The van der Waals surface area contributed by atoms with Gasteiger partial charge in [0.2, 0.25) is 23.6 Å². The van der Waals surface area contributed by atoms with Crippen LogP contribution in [0.4, 0.5) is 16.2 Å². The lowest BCUT2D eigenvalue weighted by Crippen LogP contribution is -2.49. The Bertz CT molecular complexity index is 2230. The molecule has 0 radical (unpaired) electrons. The van der Waals surface area contributed by atoms with E-state index in [1.807, 2.05) is 32.0 Å². The smallest absolute Gasteiger partial charge is 0.323 e. The van der Waals surface area contributed by atoms with E-state index < -0.39 is 65.8 Å². The van der Waals surface area contributed by atoms with Crippen molar-refractivity contribution in [3.8, 4) is 0 Å². The van der Waals surface area contributed by atoms with Gasteiger partial charge in [0.1, 0.15) is 11.8 Å². The molecule has 2 aromatic carbocycles. The normalized spacial score (nSPS) is 13.2. The fourth-order valence-corrected chi connectivity index (χ4v) is 7.17. The molecule has 0 aliphatic rings. The Hall–Kier alpha value is -7.44. The molecule has 6 amide bonds. The largest absolute Gasteiger partial charge is 0.481 e. The van der Waals surface area contributed by atoms with Crippen molar-refractivity contribution in [3.63, 3.8) is 0 Å². The van der Waals surface area contributed by atoms with Crippen LogP contribution in [0.3, 0.4) is 0 Å². The van der Waals surface area contributed by atoms with Gasteiger partial charge in [-0.05, 0) is 92.0 Å². The molecule has 0 saturated carbocycles. The Morgan fingerprint density at radius 3 is 2.18 bits per heavy atom. The van der Waals surface area contributed by atoms with Gasteiger partial charge in [0.15, 0.2) is 11.7 Å². The van der Waals surface area contributed by atoms with Crippen LogP contribution in [0.5, 0.6) is 0 Å². The molecule has 3 rings (SSSR count). The van der Waals surface area contributed by atoms with Gasteiger partial charge >= 0.3 is 12.0 Å². The lowest BCUT2D eigenvalue weighted by atomic mass is 9.84. The van der Waals surface area contributed by atoms with E-state index in [-0.39, 0.29) is 75.2 Å². The minimum Gasteiger partial charge on any atom is -0.481 e. The van der Waals surface area contributed by atoms with Crippen molar-refractivity contribution in [1.82, 2.24) is 20.9 Å². The number of unbranched alkanes of at least 4 members (excludes halogenated alkanes) is 1. The van der Waals surface area contributed by atoms with Gasteiger partial charge < -0.3 is 48.9 Å². The average Bonchev–Trinajstić information content (AvgIpc) is 3.30. The molecular formula is C49H66N10O9. The second-order valence-electron chi connectivity index (χ2n) is 16.7. The number of benzene rings is 2. The van der Waals surface area contributed by atoms with Crippen LogP contribution >= 0.6 is 0 Å². The highest BCUT2D eigenvalue weighted by Crippen LogP contribution is 2.23. The molecule has 0 aliphatic carbocycles. The second kappa shape index (κ2) is 29.3. The number of urea groups is 1. The number of aliphatic carboxylic acids is 1. The number of hydrogen-bond donors (Lipinski definition) is 9. The van der Waals surface area contributed by atoms with Gasteiger partial charge in [0.25, 0.3) is 0 Å². The van der Waals surface area contributed by atoms with Crippen molar-refractivity contribution < 1.29 is 43.5 Å². The van der Waals surface area contributed by atoms with Crippen LogP contribution in [0.15, 0.2) is 84.1 Å². The number of primary amides is 1. The number of para-hydroxylation sites is 1. The number of ketones is 2. The zero-order chi connectivity index (χ0) is 50.0. The fourth-order valence-electron chi connectivity index (χ4n) is 7.17. The highest BCUT2D eigenvalue weighted by molar-refractivity contribution is 6.00. The number of anilines is 2. The van der Waals surface area contributed by atoms with Crippen LogP contribution in [-0.4, -0.2) is 88.4 Å². The summed E-state index contributed by atoms with van der Waals surface area (Å²) in [6.07, 6.45) is 6.77. The average molecular weight is 939 g/mol. The zero-order valence-electron chi connectivity index (χ0n) is 39.0. The Kier molecular flexibility index (Phi) is 23.6. The van der Waals surface area contributed by atoms with Crippen molar-refractivity contribution >= 4 is 70.6 Å². The van der Waals surface area contributed by atoms with Crippen molar-refractivity contribution in [2.24, 2.45) is 39.9 Å². The molecular weight excluding hydrogens is 873 g/mol. The number of nitrogens with two attached hydrogens (primary N) is 3. The third kappa shape index (κ3) is 20.8. The highest BCUT2D eigenvalue weighted by atomic mass is 16.4. The number of rotatable bonds is 30.